The minimum Gasteiger partial charge on any atom is -0.343 e. The molecule has 0 saturated heterocycles. The molecule has 0 fully saturated rings. The van der Waals surface area contributed by atoms with Gasteiger partial charge in [0.25, 0.3) is 5.91 Å². The second kappa shape index (κ2) is 9.75. The lowest BCUT2D eigenvalue weighted by molar-refractivity contribution is 0.0731. The predicted octanol–water partition coefficient (Wildman–Crippen LogP) is 3.68. The Morgan fingerprint density at radius 1 is 1.30 bits per heavy atom. The lowest BCUT2D eigenvalue weighted by atomic mass is 10.2. The maximum Gasteiger partial charge on any atom is 0.270 e. The average Bonchev–Trinajstić information content (AvgIpc) is 2.92. The second-order valence-corrected chi connectivity index (χ2v) is 6.10. The molecule has 0 atom stereocenters. The number of carbonyl (C=O) groups is 1. The Morgan fingerprint density at radius 3 is 2.61 bits per heavy atom. The molecule has 0 aliphatic carbocycles. The van der Waals surface area contributed by atoms with Crippen LogP contribution in [0.25, 0.3) is 0 Å². The van der Waals surface area contributed by atoms with E-state index < -0.39 is 0 Å². The van der Waals surface area contributed by atoms with E-state index in [0.29, 0.717) is 25.3 Å². The number of halogens is 2. The SMILES string of the molecule is CCn1cc(Br)cc1C(=O)N(CCCN)Cc1ccccc1.Cl. The molecule has 0 spiro atoms. The van der Waals surface area contributed by atoms with E-state index in [4.69, 9.17) is 5.73 Å². The molecule has 2 rings (SSSR count). The predicted molar refractivity (Wildman–Crippen MR) is 99.9 cm³/mol. The zero-order chi connectivity index (χ0) is 15.9. The fourth-order valence-corrected chi connectivity index (χ4v) is 2.88. The highest BCUT2D eigenvalue weighted by molar-refractivity contribution is 9.10. The third kappa shape index (κ3) is 5.37. The summed E-state index contributed by atoms with van der Waals surface area (Å²) < 4.78 is 2.89. The molecule has 0 aliphatic heterocycles. The van der Waals surface area contributed by atoms with E-state index in [-0.39, 0.29) is 18.3 Å². The third-order valence-corrected chi connectivity index (χ3v) is 3.99. The Hall–Kier alpha value is -1.30. The van der Waals surface area contributed by atoms with Crippen LogP contribution in [0.5, 0.6) is 0 Å². The number of aromatic nitrogens is 1. The first-order chi connectivity index (χ1) is 10.7. The van der Waals surface area contributed by atoms with E-state index in [0.717, 1.165) is 23.0 Å². The minimum atomic E-state index is 0. The highest BCUT2D eigenvalue weighted by atomic mass is 79.9. The molecule has 6 heteroatoms. The van der Waals surface area contributed by atoms with Crippen LogP contribution in [0.4, 0.5) is 0 Å². The molecule has 2 N–H and O–H groups in total. The zero-order valence-corrected chi connectivity index (χ0v) is 15.6. The molecule has 0 saturated carbocycles. The van der Waals surface area contributed by atoms with Crippen molar-refractivity contribution in [2.45, 2.75) is 26.4 Å². The number of nitrogens with two attached hydrogens (primary N) is 1. The van der Waals surface area contributed by atoms with Gasteiger partial charge in [-0.05, 0) is 47.4 Å². The van der Waals surface area contributed by atoms with Crippen molar-refractivity contribution in [1.29, 1.82) is 0 Å². The van der Waals surface area contributed by atoms with E-state index in [1.54, 1.807) is 0 Å². The van der Waals surface area contributed by atoms with Gasteiger partial charge in [0.05, 0.1) is 0 Å². The summed E-state index contributed by atoms with van der Waals surface area (Å²) in [6.45, 7) is 4.65. The van der Waals surface area contributed by atoms with Crippen LogP contribution in [-0.4, -0.2) is 28.5 Å². The van der Waals surface area contributed by atoms with Crippen LogP contribution >= 0.6 is 28.3 Å². The number of hydrogen-bond donors (Lipinski definition) is 1. The van der Waals surface area contributed by atoms with Crippen LogP contribution in [0, 0.1) is 0 Å². The number of aryl methyl sites for hydroxylation is 1. The Labute approximate surface area is 152 Å². The van der Waals surface area contributed by atoms with Crippen LogP contribution in [0.2, 0.25) is 0 Å². The van der Waals surface area contributed by atoms with E-state index >= 15 is 0 Å². The van der Waals surface area contributed by atoms with Crippen molar-refractivity contribution in [2.75, 3.05) is 13.1 Å². The molecule has 126 valence electrons. The van der Waals surface area contributed by atoms with Gasteiger partial charge < -0.3 is 15.2 Å². The first-order valence-electron chi connectivity index (χ1n) is 7.54. The van der Waals surface area contributed by atoms with Crippen LogP contribution in [-0.2, 0) is 13.1 Å². The molecule has 0 radical (unpaired) electrons. The van der Waals surface area contributed by atoms with Crippen molar-refractivity contribution >= 4 is 34.2 Å². The summed E-state index contributed by atoms with van der Waals surface area (Å²) in [5.41, 5.74) is 7.46. The van der Waals surface area contributed by atoms with Gasteiger partial charge in [0, 0.05) is 30.3 Å². The Morgan fingerprint density at radius 2 is 2.00 bits per heavy atom. The molecule has 1 amide bonds. The van der Waals surface area contributed by atoms with Gasteiger partial charge in [-0.3, -0.25) is 4.79 Å². The van der Waals surface area contributed by atoms with E-state index in [2.05, 4.69) is 15.9 Å². The zero-order valence-electron chi connectivity index (χ0n) is 13.2. The molecule has 0 aliphatic rings. The maximum absolute atomic E-state index is 12.9. The Bertz CT molecular complexity index is 616. The molecule has 1 aromatic carbocycles. The number of nitrogens with zero attached hydrogens (tertiary/aromatic N) is 2. The highest BCUT2D eigenvalue weighted by Crippen LogP contribution is 2.18. The molecular formula is C17H23BrClN3O. The largest absolute Gasteiger partial charge is 0.343 e. The Kier molecular flexibility index (Phi) is 8.37. The Balaban J connectivity index is 0.00000264. The van der Waals surface area contributed by atoms with Crippen molar-refractivity contribution in [3.8, 4) is 0 Å². The van der Waals surface area contributed by atoms with Crippen molar-refractivity contribution in [3.05, 3.63) is 58.3 Å². The minimum absolute atomic E-state index is 0. The summed E-state index contributed by atoms with van der Waals surface area (Å²) in [6.07, 6.45) is 2.74. The van der Waals surface area contributed by atoms with Crippen LogP contribution in [0.1, 0.15) is 29.4 Å². The fourth-order valence-electron chi connectivity index (χ4n) is 2.42. The standard InChI is InChI=1S/C17H22BrN3O.ClH/c1-2-20-13-15(18)11-16(20)17(22)21(10-6-9-19)12-14-7-4-3-5-8-14;/h3-5,7-8,11,13H,2,6,9-10,12,19H2,1H3;1H. The number of benzene rings is 1. The third-order valence-electron chi connectivity index (χ3n) is 3.56. The summed E-state index contributed by atoms with van der Waals surface area (Å²) in [5, 5.41) is 0. The number of hydrogen-bond acceptors (Lipinski definition) is 2. The lowest BCUT2D eigenvalue weighted by Gasteiger charge is -2.23. The first-order valence-corrected chi connectivity index (χ1v) is 8.34. The maximum atomic E-state index is 12.9. The monoisotopic (exact) mass is 399 g/mol. The molecule has 1 heterocycles. The normalized spacial score (nSPS) is 10.2. The van der Waals surface area contributed by atoms with Gasteiger partial charge in [-0.25, -0.2) is 0 Å². The van der Waals surface area contributed by atoms with Crippen molar-refractivity contribution in [2.24, 2.45) is 5.73 Å². The summed E-state index contributed by atoms with van der Waals surface area (Å²) in [5.74, 6) is 0.0462. The van der Waals surface area contributed by atoms with Gasteiger partial charge in [0.2, 0.25) is 0 Å². The van der Waals surface area contributed by atoms with Crippen LogP contribution in [0.15, 0.2) is 47.1 Å². The molecule has 2 aromatic rings. The lowest BCUT2D eigenvalue weighted by Crippen LogP contribution is -2.33. The van der Waals surface area contributed by atoms with Gasteiger partial charge in [-0.15, -0.1) is 12.4 Å². The van der Waals surface area contributed by atoms with Crippen molar-refractivity contribution in [1.82, 2.24) is 9.47 Å². The number of carbonyl (C=O) groups excluding carboxylic acids is 1. The number of rotatable bonds is 7. The average molecular weight is 401 g/mol. The fraction of sp³-hybridized carbons (Fsp3) is 0.353. The van der Waals surface area contributed by atoms with Gasteiger partial charge in [-0.1, -0.05) is 30.3 Å². The summed E-state index contributed by atoms with van der Waals surface area (Å²) >= 11 is 3.45. The van der Waals surface area contributed by atoms with E-state index in [9.17, 15) is 4.79 Å². The highest BCUT2D eigenvalue weighted by Gasteiger charge is 2.19. The smallest absolute Gasteiger partial charge is 0.270 e. The molecule has 0 unspecified atom stereocenters. The molecule has 23 heavy (non-hydrogen) atoms. The van der Waals surface area contributed by atoms with E-state index in [1.165, 1.54) is 0 Å². The summed E-state index contributed by atoms with van der Waals surface area (Å²) in [7, 11) is 0. The van der Waals surface area contributed by atoms with Crippen LogP contribution < -0.4 is 5.73 Å². The summed E-state index contributed by atoms with van der Waals surface area (Å²) in [6, 6.07) is 11.9. The second-order valence-electron chi connectivity index (χ2n) is 5.18. The molecule has 4 nitrogen and oxygen atoms in total. The van der Waals surface area contributed by atoms with Gasteiger partial charge in [-0.2, -0.15) is 0 Å². The molecule has 0 bridgehead atoms. The van der Waals surface area contributed by atoms with Gasteiger partial charge in [0.1, 0.15) is 5.69 Å². The summed E-state index contributed by atoms with van der Waals surface area (Å²) in [4.78, 5) is 14.8. The van der Waals surface area contributed by atoms with E-state index in [1.807, 2.05) is 59.0 Å². The van der Waals surface area contributed by atoms with Gasteiger partial charge >= 0.3 is 0 Å². The first kappa shape index (κ1) is 19.7. The number of amides is 1. The quantitative estimate of drug-likeness (QED) is 0.770. The van der Waals surface area contributed by atoms with Crippen molar-refractivity contribution < 1.29 is 4.79 Å². The molecule has 1 aromatic heterocycles. The van der Waals surface area contributed by atoms with Gasteiger partial charge in [0.15, 0.2) is 0 Å². The topological polar surface area (TPSA) is 51.3 Å². The van der Waals surface area contributed by atoms with Crippen LogP contribution in [0.3, 0.4) is 0 Å². The molecular weight excluding hydrogens is 378 g/mol. The van der Waals surface area contributed by atoms with Crippen molar-refractivity contribution in [3.63, 3.8) is 0 Å².